The van der Waals surface area contributed by atoms with E-state index in [9.17, 15) is 4.79 Å². The van der Waals surface area contributed by atoms with E-state index < -0.39 is 0 Å². The van der Waals surface area contributed by atoms with Gasteiger partial charge in [0.25, 0.3) is 5.91 Å². The van der Waals surface area contributed by atoms with Crippen LogP contribution in [-0.4, -0.2) is 32.6 Å². The molecule has 1 amide bonds. The summed E-state index contributed by atoms with van der Waals surface area (Å²) in [5, 5.41) is 10.1. The first-order valence-electron chi connectivity index (χ1n) is 4.92. The first kappa shape index (κ1) is 12.2. The molecule has 0 spiro atoms. The number of aromatic nitrogens is 4. The Balaban J connectivity index is 1.87. The molecular formula is C9H10BrN5OS. The number of thiazole rings is 1. The van der Waals surface area contributed by atoms with Gasteiger partial charge < -0.3 is 5.32 Å². The van der Waals surface area contributed by atoms with E-state index in [0.717, 1.165) is 14.6 Å². The highest BCUT2D eigenvalue weighted by Crippen LogP contribution is 2.23. The normalized spacial score (nSPS) is 10.5. The molecule has 0 aliphatic heterocycles. The van der Waals surface area contributed by atoms with Gasteiger partial charge in [0.05, 0.1) is 5.01 Å². The highest BCUT2D eigenvalue weighted by atomic mass is 79.9. The van der Waals surface area contributed by atoms with Crippen LogP contribution in [0.2, 0.25) is 0 Å². The van der Waals surface area contributed by atoms with Crippen molar-refractivity contribution in [3.05, 3.63) is 26.6 Å². The quantitative estimate of drug-likeness (QED) is 0.891. The van der Waals surface area contributed by atoms with E-state index in [-0.39, 0.29) is 5.91 Å². The fourth-order valence-electron chi connectivity index (χ4n) is 1.27. The molecule has 17 heavy (non-hydrogen) atoms. The summed E-state index contributed by atoms with van der Waals surface area (Å²) in [5.41, 5.74) is 0.435. The van der Waals surface area contributed by atoms with Crippen molar-refractivity contribution < 1.29 is 4.79 Å². The fourth-order valence-corrected chi connectivity index (χ4v) is 2.87. The first-order valence-corrected chi connectivity index (χ1v) is 6.53. The second-order valence-electron chi connectivity index (χ2n) is 3.29. The van der Waals surface area contributed by atoms with Gasteiger partial charge in [-0.2, -0.15) is 5.10 Å². The van der Waals surface area contributed by atoms with E-state index in [4.69, 9.17) is 0 Å². The molecule has 2 aromatic heterocycles. The van der Waals surface area contributed by atoms with Gasteiger partial charge in [-0.25, -0.2) is 9.97 Å². The number of amides is 1. The van der Waals surface area contributed by atoms with E-state index in [1.807, 2.05) is 6.92 Å². The third-order valence-corrected chi connectivity index (χ3v) is 3.64. The molecule has 0 saturated heterocycles. The van der Waals surface area contributed by atoms with Gasteiger partial charge in [-0.15, -0.1) is 11.3 Å². The SMILES string of the molecule is Cc1nc(C(=O)NCCc2ncn[nH]2)c(Br)s1. The number of aromatic amines is 1. The summed E-state index contributed by atoms with van der Waals surface area (Å²) >= 11 is 4.76. The van der Waals surface area contributed by atoms with Crippen LogP contribution < -0.4 is 5.32 Å². The summed E-state index contributed by atoms with van der Waals surface area (Å²) in [7, 11) is 0. The van der Waals surface area contributed by atoms with Crippen LogP contribution >= 0.6 is 27.3 Å². The van der Waals surface area contributed by atoms with Crippen molar-refractivity contribution in [2.24, 2.45) is 0 Å². The molecule has 0 radical (unpaired) electrons. The van der Waals surface area contributed by atoms with Crippen molar-refractivity contribution in [2.45, 2.75) is 13.3 Å². The number of hydrogen-bond acceptors (Lipinski definition) is 5. The van der Waals surface area contributed by atoms with Crippen LogP contribution in [0.5, 0.6) is 0 Å². The topological polar surface area (TPSA) is 83.6 Å². The third-order valence-electron chi connectivity index (χ3n) is 2.02. The number of nitrogens with one attached hydrogen (secondary N) is 2. The maximum atomic E-state index is 11.8. The van der Waals surface area contributed by atoms with Crippen LogP contribution in [-0.2, 0) is 6.42 Å². The number of rotatable bonds is 4. The van der Waals surface area contributed by atoms with Crippen LogP contribution in [0.4, 0.5) is 0 Å². The van der Waals surface area contributed by atoms with Gasteiger partial charge in [0.1, 0.15) is 15.9 Å². The summed E-state index contributed by atoms with van der Waals surface area (Å²) in [5.74, 6) is 0.569. The average molecular weight is 316 g/mol. The van der Waals surface area contributed by atoms with Crippen LogP contribution in [0.1, 0.15) is 21.3 Å². The fraction of sp³-hybridized carbons (Fsp3) is 0.333. The molecule has 0 aliphatic carbocycles. The molecule has 90 valence electrons. The molecule has 0 aromatic carbocycles. The molecule has 0 atom stereocenters. The van der Waals surface area contributed by atoms with Crippen molar-refractivity contribution in [2.75, 3.05) is 6.54 Å². The molecule has 2 N–H and O–H groups in total. The largest absolute Gasteiger partial charge is 0.350 e. The first-order chi connectivity index (χ1) is 8.16. The Hall–Kier alpha value is -1.28. The molecule has 8 heteroatoms. The summed E-state index contributed by atoms with van der Waals surface area (Å²) < 4.78 is 0.757. The van der Waals surface area contributed by atoms with Crippen molar-refractivity contribution >= 4 is 33.2 Å². The minimum absolute atomic E-state index is 0.180. The van der Waals surface area contributed by atoms with Crippen molar-refractivity contribution in [1.82, 2.24) is 25.5 Å². The van der Waals surface area contributed by atoms with E-state index in [0.29, 0.717) is 18.7 Å². The smallest absolute Gasteiger partial charge is 0.271 e. The zero-order chi connectivity index (χ0) is 12.3. The molecule has 2 heterocycles. The number of hydrogen-bond donors (Lipinski definition) is 2. The molecule has 6 nitrogen and oxygen atoms in total. The lowest BCUT2D eigenvalue weighted by molar-refractivity contribution is 0.0949. The van der Waals surface area contributed by atoms with Crippen molar-refractivity contribution in [3.63, 3.8) is 0 Å². The number of carbonyl (C=O) groups excluding carboxylic acids is 1. The van der Waals surface area contributed by atoms with Gasteiger partial charge in [0.15, 0.2) is 5.69 Å². The Morgan fingerprint density at radius 1 is 1.65 bits per heavy atom. The zero-order valence-electron chi connectivity index (χ0n) is 9.03. The van der Waals surface area contributed by atoms with Gasteiger partial charge in [-0.1, -0.05) is 0 Å². The lowest BCUT2D eigenvalue weighted by Gasteiger charge is -2.01. The Bertz CT molecular complexity index is 509. The second-order valence-corrected chi connectivity index (χ2v) is 5.81. The lowest BCUT2D eigenvalue weighted by Crippen LogP contribution is -2.26. The molecule has 2 rings (SSSR count). The second kappa shape index (κ2) is 5.37. The summed E-state index contributed by atoms with van der Waals surface area (Å²) in [6.45, 7) is 2.36. The number of aryl methyl sites for hydroxylation is 1. The summed E-state index contributed by atoms with van der Waals surface area (Å²) in [6, 6.07) is 0. The summed E-state index contributed by atoms with van der Waals surface area (Å²) in [4.78, 5) is 19.9. The van der Waals surface area contributed by atoms with Gasteiger partial charge in [-0.05, 0) is 22.9 Å². The predicted octanol–water partition coefficient (Wildman–Crippen LogP) is 1.30. The van der Waals surface area contributed by atoms with E-state index in [2.05, 4.69) is 41.4 Å². The Morgan fingerprint density at radius 2 is 2.47 bits per heavy atom. The molecular weight excluding hydrogens is 306 g/mol. The number of carbonyl (C=O) groups is 1. The predicted molar refractivity (Wildman–Crippen MR) is 67.0 cm³/mol. The minimum Gasteiger partial charge on any atom is -0.350 e. The van der Waals surface area contributed by atoms with E-state index >= 15 is 0 Å². The Morgan fingerprint density at radius 3 is 3.06 bits per heavy atom. The molecule has 0 saturated carbocycles. The van der Waals surface area contributed by atoms with Crippen LogP contribution in [0.3, 0.4) is 0 Å². The average Bonchev–Trinajstić information content (AvgIpc) is 2.88. The number of H-pyrrole nitrogens is 1. The van der Waals surface area contributed by atoms with Crippen molar-refractivity contribution in [1.29, 1.82) is 0 Å². The number of nitrogens with zero attached hydrogens (tertiary/aromatic N) is 3. The van der Waals surface area contributed by atoms with Gasteiger partial charge >= 0.3 is 0 Å². The molecule has 0 bridgehead atoms. The Kier molecular flexibility index (Phi) is 3.85. The molecule has 0 fully saturated rings. The lowest BCUT2D eigenvalue weighted by atomic mass is 10.4. The molecule has 0 aliphatic rings. The Labute approximate surface area is 110 Å². The summed E-state index contributed by atoms with van der Waals surface area (Å²) in [6.07, 6.45) is 2.06. The van der Waals surface area contributed by atoms with E-state index in [1.165, 1.54) is 17.7 Å². The monoisotopic (exact) mass is 315 g/mol. The number of halogens is 1. The molecule has 0 unspecified atom stereocenters. The third kappa shape index (κ3) is 3.10. The minimum atomic E-state index is -0.180. The van der Waals surface area contributed by atoms with Gasteiger partial charge in [-0.3, -0.25) is 9.89 Å². The maximum absolute atomic E-state index is 11.8. The van der Waals surface area contributed by atoms with E-state index in [1.54, 1.807) is 0 Å². The van der Waals surface area contributed by atoms with Crippen LogP contribution in [0.25, 0.3) is 0 Å². The standard InChI is InChI=1S/C9H10BrN5OS/c1-5-14-7(8(10)17-5)9(16)11-3-2-6-12-4-13-15-6/h4H,2-3H2,1H3,(H,11,16)(H,12,13,15). The highest BCUT2D eigenvalue weighted by Gasteiger charge is 2.14. The zero-order valence-corrected chi connectivity index (χ0v) is 11.4. The van der Waals surface area contributed by atoms with Gasteiger partial charge in [0.2, 0.25) is 0 Å². The van der Waals surface area contributed by atoms with Crippen LogP contribution in [0.15, 0.2) is 10.1 Å². The van der Waals surface area contributed by atoms with Crippen molar-refractivity contribution in [3.8, 4) is 0 Å². The van der Waals surface area contributed by atoms with Gasteiger partial charge in [0, 0.05) is 13.0 Å². The highest BCUT2D eigenvalue weighted by molar-refractivity contribution is 9.11. The molecule has 2 aromatic rings. The maximum Gasteiger partial charge on any atom is 0.271 e. The van der Waals surface area contributed by atoms with Crippen LogP contribution in [0, 0.1) is 6.92 Å².